The summed E-state index contributed by atoms with van der Waals surface area (Å²) in [5, 5.41) is 12.1. The molecule has 1 saturated carbocycles. The SMILES string of the molecule is CN1CCCC1c1ccc(NC(=O)C2CCCCC2C(=O)O)nc1. The molecular weight excluding hydrogens is 306 g/mol. The Labute approximate surface area is 142 Å². The molecule has 3 unspecified atom stereocenters. The van der Waals surface area contributed by atoms with E-state index >= 15 is 0 Å². The fourth-order valence-corrected chi connectivity index (χ4v) is 3.97. The Morgan fingerprint density at radius 2 is 1.92 bits per heavy atom. The first-order valence-electron chi connectivity index (χ1n) is 8.76. The van der Waals surface area contributed by atoms with Crippen LogP contribution in [0.15, 0.2) is 18.3 Å². The number of carboxylic acids is 1. The number of anilines is 1. The second-order valence-corrected chi connectivity index (χ2v) is 6.94. The third-order valence-corrected chi connectivity index (χ3v) is 5.36. The Morgan fingerprint density at radius 1 is 1.17 bits per heavy atom. The molecule has 0 aromatic carbocycles. The summed E-state index contributed by atoms with van der Waals surface area (Å²) in [5.41, 5.74) is 1.16. The molecule has 2 aliphatic rings. The van der Waals surface area contributed by atoms with E-state index in [1.54, 1.807) is 0 Å². The number of hydrogen-bond donors (Lipinski definition) is 2. The van der Waals surface area contributed by atoms with Gasteiger partial charge in [-0.25, -0.2) is 4.98 Å². The van der Waals surface area contributed by atoms with Crippen molar-refractivity contribution < 1.29 is 14.7 Å². The van der Waals surface area contributed by atoms with Crippen LogP contribution in [0.25, 0.3) is 0 Å². The third-order valence-electron chi connectivity index (χ3n) is 5.36. The Bertz CT molecular complexity index is 602. The van der Waals surface area contributed by atoms with Crippen LogP contribution in [0, 0.1) is 11.8 Å². The van der Waals surface area contributed by atoms with Gasteiger partial charge in [0.25, 0.3) is 0 Å². The maximum Gasteiger partial charge on any atom is 0.307 e. The predicted octanol–water partition coefficient (Wildman–Crippen LogP) is 2.68. The highest BCUT2D eigenvalue weighted by Gasteiger charge is 2.35. The molecule has 3 rings (SSSR count). The van der Waals surface area contributed by atoms with E-state index in [2.05, 4.69) is 22.2 Å². The van der Waals surface area contributed by atoms with Crippen LogP contribution in [0.5, 0.6) is 0 Å². The smallest absolute Gasteiger partial charge is 0.307 e. The quantitative estimate of drug-likeness (QED) is 0.886. The number of aliphatic carboxylic acids is 1. The molecule has 0 radical (unpaired) electrons. The van der Waals surface area contributed by atoms with Crippen LogP contribution < -0.4 is 5.32 Å². The highest BCUT2D eigenvalue weighted by atomic mass is 16.4. The van der Waals surface area contributed by atoms with Crippen molar-refractivity contribution in [1.29, 1.82) is 0 Å². The van der Waals surface area contributed by atoms with Crippen LogP contribution in [0.3, 0.4) is 0 Å². The Hall–Kier alpha value is -1.95. The first-order chi connectivity index (χ1) is 11.6. The molecule has 130 valence electrons. The number of nitrogens with zero attached hydrogens (tertiary/aromatic N) is 2. The highest BCUT2D eigenvalue weighted by Crippen LogP contribution is 2.32. The molecule has 1 amide bonds. The molecule has 0 spiro atoms. The summed E-state index contributed by atoms with van der Waals surface area (Å²) < 4.78 is 0. The van der Waals surface area contributed by atoms with Gasteiger partial charge in [0.05, 0.1) is 11.8 Å². The third kappa shape index (κ3) is 3.59. The van der Waals surface area contributed by atoms with E-state index in [1.807, 2.05) is 18.3 Å². The van der Waals surface area contributed by atoms with E-state index in [4.69, 9.17) is 0 Å². The lowest BCUT2D eigenvalue weighted by molar-refractivity contribution is -0.147. The van der Waals surface area contributed by atoms with Crippen LogP contribution in [-0.2, 0) is 9.59 Å². The van der Waals surface area contributed by atoms with Gasteiger partial charge in [-0.3, -0.25) is 14.5 Å². The standard InChI is InChI=1S/C18H25N3O3/c1-21-10-4-7-15(21)12-8-9-16(19-11-12)20-17(22)13-5-2-3-6-14(13)18(23)24/h8-9,11,13-15H,2-7,10H2,1H3,(H,23,24)(H,19,20,22). The summed E-state index contributed by atoms with van der Waals surface area (Å²) in [7, 11) is 2.11. The number of aromatic nitrogens is 1. The Morgan fingerprint density at radius 3 is 2.50 bits per heavy atom. The molecule has 1 aliphatic carbocycles. The van der Waals surface area contributed by atoms with Gasteiger partial charge in [0, 0.05) is 12.2 Å². The number of carboxylic acid groups (broad SMARTS) is 1. The highest BCUT2D eigenvalue weighted by molar-refractivity contribution is 5.94. The van der Waals surface area contributed by atoms with E-state index in [-0.39, 0.29) is 5.91 Å². The zero-order valence-corrected chi connectivity index (χ0v) is 14.1. The lowest BCUT2D eigenvalue weighted by Gasteiger charge is -2.27. The number of carbonyl (C=O) groups excluding carboxylic acids is 1. The summed E-state index contributed by atoms with van der Waals surface area (Å²) in [4.78, 5) is 30.5. The number of carbonyl (C=O) groups is 2. The normalized spacial score (nSPS) is 27.8. The van der Waals surface area contributed by atoms with Gasteiger partial charge in [-0.1, -0.05) is 18.9 Å². The van der Waals surface area contributed by atoms with Crippen molar-refractivity contribution in [3.8, 4) is 0 Å². The minimum absolute atomic E-state index is 0.222. The van der Waals surface area contributed by atoms with Crippen LogP contribution in [0.2, 0.25) is 0 Å². The molecule has 0 bridgehead atoms. The molecule has 1 saturated heterocycles. The molecule has 1 aliphatic heterocycles. The van der Waals surface area contributed by atoms with Crippen LogP contribution in [-0.4, -0.2) is 40.5 Å². The topological polar surface area (TPSA) is 82.5 Å². The largest absolute Gasteiger partial charge is 0.481 e. The molecule has 2 heterocycles. The lowest BCUT2D eigenvalue weighted by Crippen LogP contribution is -2.36. The summed E-state index contributed by atoms with van der Waals surface area (Å²) in [5.74, 6) is -1.63. The van der Waals surface area contributed by atoms with Gasteiger partial charge in [0.2, 0.25) is 5.91 Å². The second kappa shape index (κ2) is 7.30. The Kier molecular flexibility index (Phi) is 5.14. The molecule has 2 fully saturated rings. The van der Waals surface area contributed by atoms with E-state index in [0.717, 1.165) is 31.4 Å². The molecule has 6 heteroatoms. The minimum Gasteiger partial charge on any atom is -0.481 e. The monoisotopic (exact) mass is 331 g/mol. The molecule has 1 aromatic heterocycles. The van der Waals surface area contributed by atoms with E-state index in [0.29, 0.717) is 24.7 Å². The van der Waals surface area contributed by atoms with Crippen LogP contribution in [0.1, 0.15) is 50.1 Å². The number of amides is 1. The predicted molar refractivity (Wildman–Crippen MR) is 90.6 cm³/mol. The van der Waals surface area contributed by atoms with Crippen molar-refractivity contribution >= 4 is 17.7 Å². The number of rotatable bonds is 4. The van der Waals surface area contributed by atoms with Gasteiger partial charge in [-0.15, -0.1) is 0 Å². The second-order valence-electron chi connectivity index (χ2n) is 6.94. The lowest BCUT2D eigenvalue weighted by atomic mass is 9.79. The van der Waals surface area contributed by atoms with Crippen molar-refractivity contribution in [2.45, 2.75) is 44.6 Å². The number of likely N-dealkylation sites (tertiary alicyclic amines) is 1. The van der Waals surface area contributed by atoms with Crippen molar-refractivity contribution in [3.63, 3.8) is 0 Å². The summed E-state index contributed by atoms with van der Waals surface area (Å²) in [6, 6.07) is 4.22. The fraction of sp³-hybridized carbons (Fsp3) is 0.611. The number of pyridine rings is 1. The summed E-state index contributed by atoms with van der Waals surface area (Å²) in [6.07, 6.45) is 7.13. The van der Waals surface area contributed by atoms with Crippen LogP contribution >= 0.6 is 0 Å². The zero-order valence-electron chi connectivity index (χ0n) is 14.1. The van der Waals surface area contributed by atoms with Crippen molar-refractivity contribution in [2.24, 2.45) is 11.8 Å². The van der Waals surface area contributed by atoms with Gasteiger partial charge in [-0.2, -0.15) is 0 Å². The van der Waals surface area contributed by atoms with Gasteiger partial charge >= 0.3 is 5.97 Å². The minimum atomic E-state index is -0.873. The first-order valence-corrected chi connectivity index (χ1v) is 8.76. The molecule has 3 atom stereocenters. The average molecular weight is 331 g/mol. The van der Waals surface area contributed by atoms with E-state index < -0.39 is 17.8 Å². The van der Waals surface area contributed by atoms with Gasteiger partial charge in [0.15, 0.2) is 0 Å². The maximum atomic E-state index is 12.5. The molecular formula is C18H25N3O3. The molecule has 6 nitrogen and oxygen atoms in total. The fourth-order valence-electron chi connectivity index (χ4n) is 3.97. The Balaban J connectivity index is 1.64. The van der Waals surface area contributed by atoms with Gasteiger partial charge in [0.1, 0.15) is 5.82 Å². The zero-order chi connectivity index (χ0) is 17.1. The molecule has 24 heavy (non-hydrogen) atoms. The van der Waals surface area contributed by atoms with E-state index in [1.165, 1.54) is 6.42 Å². The molecule has 1 aromatic rings. The van der Waals surface area contributed by atoms with Crippen molar-refractivity contribution in [2.75, 3.05) is 18.9 Å². The summed E-state index contributed by atoms with van der Waals surface area (Å²) >= 11 is 0. The number of hydrogen-bond acceptors (Lipinski definition) is 4. The average Bonchev–Trinajstić information content (AvgIpc) is 3.01. The van der Waals surface area contributed by atoms with Crippen LogP contribution in [0.4, 0.5) is 5.82 Å². The first kappa shape index (κ1) is 16.9. The van der Waals surface area contributed by atoms with Crippen molar-refractivity contribution in [1.82, 2.24) is 9.88 Å². The van der Waals surface area contributed by atoms with Gasteiger partial charge < -0.3 is 10.4 Å². The maximum absolute atomic E-state index is 12.5. The number of nitrogens with one attached hydrogen (secondary N) is 1. The van der Waals surface area contributed by atoms with E-state index in [9.17, 15) is 14.7 Å². The molecule has 2 N–H and O–H groups in total. The summed E-state index contributed by atoms with van der Waals surface area (Å²) in [6.45, 7) is 1.10. The van der Waals surface area contributed by atoms with Crippen molar-refractivity contribution in [3.05, 3.63) is 23.9 Å². The van der Waals surface area contributed by atoms with Gasteiger partial charge in [-0.05, 0) is 50.9 Å².